The summed E-state index contributed by atoms with van der Waals surface area (Å²) >= 11 is 2.72. The van der Waals surface area contributed by atoms with Crippen molar-refractivity contribution in [3.63, 3.8) is 0 Å². The monoisotopic (exact) mass is 367 g/mol. The van der Waals surface area contributed by atoms with E-state index in [0.717, 1.165) is 18.1 Å². The van der Waals surface area contributed by atoms with E-state index >= 15 is 0 Å². The van der Waals surface area contributed by atoms with Crippen molar-refractivity contribution in [1.29, 1.82) is 0 Å². The lowest BCUT2D eigenvalue weighted by atomic mass is 10.3. The summed E-state index contributed by atoms with van der Waals surface area (Å²) in [7, 11) is 0. The van der Waals surface area contributed by atoms with Crippen molar-refractivity contribution in [2.45, 2.75) is 29.9 Å². The Morgan fingerprint density at radius 2 is 2.08 bits per heavy atom. The van der Waals surface area contributed by atoms with Gasteiger partial charge in [0, 0.05) is 24.4 Å². The van der Waals surface area contributed by atoms with Gasteiger partial charge in [0.05, 0.1) is 10.2 Å². The summed E-state index contributed by atoms with van der Waals surface area (Å²) in [6, 6.07) is 5.71. The summed E-state index contributed by atoms with van der Waals surface area (Å²) in [4.78, 5) is 22.3. The van der Waals surface area contributed by atoms with Gasteiger partial charge >= 0.3 is 0 Å². The van der Waals surface area contributed by atoms with Gasteiger partial charge in [-0.25, -0.2) is 0 Å². The highest BCUT2D eigenvalue weighted by Crippen LogP contribution is 2.29. The average Bonchev–Trinajstić information content (AvgIpc) is 3.00. The summed E-state index contributed by atoms with van der Waals surface area (Å²) in [5.41, 5.74) is 0.497. The molecule has 0 fully saturated rings. The maximum Gasteiger partial charge on any atom is 0.269 e. The Kier molecular flexibility index (Phi) is 6.50. The van der Waals surface area contributed by atoms with E-state index in [4.69, 9.17) is 0 Å². The van der Waals surface area contributed by atoms with E-state index < -0.39 is 4.92 Å². The number of thioether (sulfide) groups is 1. The lowest BCUT2D eigenvalue weighted by Gasteiger charge is -2.10. The number of carbonyl (C=O) groups is 1. The molecule has 1 atom stereocenters. The van der Waals surface area contributed by atoms with Gasteiger partial charge in [0.1, 0.15) is 0 Å². The first-order chi connectivity index (χ1) is 11.5. The molecule has 0 spiro atoms. The molecule has 2 N–H and O–H groups in total. The van der Waals surface area contributed by atoms with Gasteiger partial charge in [-0.05, 0) is 25.5 Å². The Labute approximate surface area is 147 Å². The second-order valence-corrected chi connectivity index (χ2v) is 7.42. The van der Waals surface area contributed by atoms with Crippen LogP contribution >= 0.6 is 23.1 Å². The standard InChI is InChI=1S/C14H17N5O3S2/c1-3-8-15-13-17-18-14(24-13)23-9(2)12(20)16-10-4-6-11(7-5-10)19(21)22/h4-7,9H,3,8H2,1-2H3,(H,15,17)(H,16,20). The summed E-state index contributed by atoms with van der Waals surface area (Å²) in [5.74, 6) is -0.202. The van der Waals surface area contributed by atoms with Crippen molar-refractivity contribution in [2.75, 3.05) is 17.2 Å². The van der Waals surface area contributed by atoms with Gasteiger partial charge in [0.25, 0.3) is 5.69 Å². The van der Waals surface area contributed by atoms with Gasteiger partial charge in [-0.2, -0.15) is 0 Å². The largest absolute Gasteiger partial charge is 0.360 e. The number of nitro benzene ring substituents is 1. The number of carbonyl (C=O) groups excluding carboxylic acids is 1. The van der Waals surface area contributed by atoms with Crippen LogP contribution in [0, 0.1) is 10.1 Å². The number of amides is 1. The minimum Gasteiger partial charge on any atom is -0.360 e. The van der Waals surface area contributed by atoms with Crippen LogP contribution in [0.15, 0.2) is 28.6 Å². The van der Waals surface area contributed by atoms with Crippen LogP contribution in [0.5, 0.6) is 0 Å². The van der Waals surface area contributed by atoms with Crippen LogP contribution < -0.4 is 10.6 Å². The number of hydrogen-bond acceptors (Lipinski definition) is 8. The van der Waals surface area contributed by atoms with E-state index in [-0.39, 0.29) is 16.8 Å². The summed E-state index contributed by atoms with van der Waals surface area (Å²) in [5, 5.41) is 24.9. The molecule has 1 aromatic heterocycles. The number of hydrogen-bond donors (Lipinski definition) is 2. The highest BCUT2D eigenvalue weighted by atomic mass is 32.2. The Morgan fingerprint density at radius 3 is 2.71 bits per heavy atom. The van der Waals surface area contributed by atoms with Crippen LogP contribution in [-0.4, -0.2) is 32.8 Å². The Morgan fingerprint density at radius 1 is 1.38 bits per heavy atom. The van der Waals surface area contributed by atoms with Crippen LogP contribution in [0.3, 0.4) is 0 Å². The number of anilines is 2. The van der Waals surface area contributed by atoms with Gasteiger partial charge in [-0.3, -0.25) is 14.9 Å². The molecule has 1 heterocycles. The summed E-state index contributed by atoms with van der Waals surface area (Å²) < 4.78 is 0.708. The second-order valence-electron chi connectivity index (χ2n) is 4.85. The van der Waals surface area contributed by atoms with Gasteiger partial charge < -0.3 is 10.6 Å². The molecule has 1 unspecified atom stereocenters. The maximum absolute atomic E-state index is 12.2. The lowest BCUT2D eigenvalue weighted by Crippen LogP contribution is -2.22. The zero-order valence-corrected chi connectivity index (χ0v) is 14.8. The van der Waals surface area contributed by atoms with Crippen molar-refractivity contribution in [1.82, 2.24) is 10.2 Å². The van der Waals surface area contributed by atoms with Crippen molar-refractivity contribution < 1.29 is 9.72 Å². The molecule has 1 aromatic carbocycles. The zero-order valence-electron chi connectivity index (χ0n) is 13.2. The molecule has 1 amide bonds. The molecular formula is C14H17N5O3S2. The van der Waals surface area contributed by atoms with Gasteiger partial charge in [0.15, 0.2) is 4.34 Å². The maximum atomic E-state index is 12.2. The van der Waals surface area contributed by atoms with E-state index in [1.165, 1.54) is 47.4 Å². The van der Waals surface area contributed by atoms with Crippen LogP contribution in [0.1, 0.15) is 20.3 Å². The Balaban J connectivity index is 1.89. The molecule has 0 radical (unpaired) electrons. The first-order valence-corrected chi connectivity index (χ1v) is 8.98. The number of nitrogens with zero attached hydrogens (tertiary/aromatic N) is 3. The number of non-ortho nitro benzene ring substituents is 1. The molecule has 24 heavy (non-hydrogen) atoms. The molecule has 0 saturated heterocycles. The van der Waals surface area contributed by atoms with E-state index in [0.29, 0.717) is 10.0 Å². The average molecular weight is 367 g/mol. The van der Waals surface area contributed by atoms with Gasteiger partial charge in [-0.1, -0.05) is 30.0 Å². The minimum absolute atomic E-state index is 0.0172. The van der Waals surface area contributed by atoms with Crippen molar-refractivity contribution in [2.24, 2.45) is 0 Å². The quantitative estimate of drug-likeness (QED) is 0.418. The molecule has 8 nitrogen and oxygen atoms in total. The number of rotatable bonds is 8. The Hall–Kier alpha value is -2.20. The predicted octanol–water partition coefficient (Wildman–Crippen LogP) is 3.39. The van der Waals surface area contributed by atoms with Crippen molar-refractivity contribution in [3.8, 4) is 0 Å². The highest BCUT2D eigenvalue weighted by molar-refractivity contribution is 8.02. The Bertz CT molecular complexity index is 705. The smallest absolute Gasteiger partial charge is 0.269 e. The second kappa shape index (κ2) is 8.60. The molecule has 0 saturated carbocycles. The fraction of sp³-hybridized carbons (Fsp3) is 0.357. The van der Waals surface area contributed by atoms with Gasteiger partial charge in [-0.15, -0.1) is 10.2 Å². The fourth-order valence-corrected chi connectivity index (χ4v) is 3.60. The first-order valence-electron chi connectivity index (χ1n) is 7.29. The van der Waals surface area contributed by atoms with Crippen LogP contribution in [0.25, 0.3) is 0 Å². The van der Waals surface area contributed by atoms with E-state index in [9.17, 15) is 14.9 Å². The molecule has 128 valence electrons. The molecule has 2 aromatic rings. The number of nitro groups is 1. The lowest BCUT2D eigenvalue weighted by molar-refractivity contribution is -0.384. The third-order valence-electron chi connectivity index (χ3n) is 2.93. The molecular weight excluding hydrogens is 350 g/mol. The molecule has 0 aliphatic carbocycles. The number of aromatic nitrogens is 2. The number of benzene rings is 1. The normalized spacial score (nSPS) is 11.8. The third-order valence-corrected chi connectivity index (χ3v) is 4.99. The van der Waals surface area contributed by atoms with E-state index in [1.54, 1.807) is 6.92 Å². The summed E-state index contributed by atoms with van der Waals surface area (Å²) in [6.07, 6.45) is 0.996. The first kappa shape index (κ1) is 18.1. The van der Waals surface area contributed by atoms with Gasteiger partial charge in [0.2, 0.25) is 11.0 Å². The van der Waals surface area contributed by atoms with Crippen molar-refractivity contribution in [3.05, 3.63) is 34.4 Å². The van der Waals surface area contributed by atoms with Crippen molar-refractivity contribution >= 4 is 45.5 Å². The SMILES string of the molecule is CCCNc1nnc(SC(C)C(=O)Nc2ccc([N+](=O)[O-])cc2)s1. The predicted molar refractivity (Wildman–Crippen MR) is 95.7 cm³/mol. The van der Waals surface area contributed by atoms with Crippen LogP contribution in [-0.2, 0) is 4.79 Å². The molecule has 0 bridgehead atoms. The zero-order chi connectivity index (χ0) is 17.5. The van der Waals surface area contributed by atoms with Crippen LogP contribution in [0.2, 0.25) is 0 Å². The van der Waals surface area contributed by atoms with Crippen LogP contribution in [0.4, 0.5) is 16.5 Å². The van der Waals surface area contributed by atoms with E-state index in [2.05, 4.69) is 27.8 Å². The minimum atomic E-state index is -0.482. The number of nitrogens with one attached hydrogen (secondary N) is 2. The van der Waals surface area contributed by atoms with E-state index in [1.807, 2.05) is 0 Å². The summed E-state index contributed by atoms with van der Waals surface area (Å²) in [6.45, 7) is 4.66. The molecule has 0 aliphatic heterocycles. The topological polar surface area (TPSA) is 110 Å². The third kappa shape index (κ3) is 5.17. The fourth-order valence-electron chi connectivity index (χ4n) is 1.68. The molecule has 2 rings (SSSR count). The highest BCUT2D eigenvalue weighted by Gasteiger charge is 2.17. The molecule has 0 aliphatic rings. The molecule has 10 heteroatoms.